The van der Waals surface area contributed by atoms with Crippen LogP contribution in [0.3, 0.4) is 0 Å². The summed E-state index contributed by atoms with van der Waals surface area (Å²) in [5.74, 6) is 0.879. The molecule has 0 saturated carbocycles. The van der Waals surface area contributed by atoms with Crippen LogP contribution in [0.5, 0.6) is 11.5 Å². The first-order valence-corrected chi connectivity index (χ1v) is 11.1. The molecule has 0 atom stereocenters. The fourth-order valence-electron chi connectivity index (χ4n) is 2.94. The second-order valence-corrected chi connectivity index (χ2v) is 8.40. The van der Waals surface area contributed by atoms with Crippen molar-refractivity contribution in [2.75, 3.05) is 29.9 Å². The molecule has 0 aliphatic heterocycles. The summed E-state index contributed by atoms with van der Waals surface area (Å²) >= 11 is 0. The van der Waals surface area contributed by atoms with Crippen molar-refractivity contribution in [3.8, 4) is 11.5 Å². The van der Waals surface area contributed by atoms with E-state index in [0.717, 1.165) is 0 Å². The summed E-state index contributed by atoms with van der Waals surface area (Å²) in [4.78, 5) is 12.3. The first kappa shape index (κ1) is 22.2. The molecule has 31 heavy (non-hydrogen) atoms. The smallest absolute Gasteiger partial charge is 0.264 e. The number of hydrogen-bond acceptors (Lipinski definition) is 5. The van der Waals surface area contributed by atoms with Gasteiger partial charge in [-0.2, -0.15) is 0 Å². The second-order valence-electron chi connectivity index (χ2n) is 6.54. The van der Waals surface area contributed by atoms with E-state index in [0.29, 0.717) is 29.4 Å². The zero-order valence-electron chi connectivity index (χ0n) is 17.3. The molecule has 0 bridgehead atoms. The summed E-state index contributed by atoms with van der Waals surface area (Å²) in [6, 6.07) is 21.9. The van der Waals surface area contributed by atoms with E-state index in [2.05, 4.69) is 5.32 Å². The first-order valence-electron chi connectivity index (χ1n) is 9.68. The predicted molar refractivity (Wildman–Crippen MR) is 120 cm³/mol. The normalized spacial score (nSPS) is 10.9. The lowest BCUT2D eigenvalue weighted by Crippen LogP contribution is -2.30. The lowest BCUT2D eigenvalue weighted by atomic mass is 10.3. The summed E-state index contributed by atoms with van der Waals surface area (Å²) < 4.78 is 37.9. The van der Waals surface area contributed by atoms with Gasteiger partial charge in [0.25, 0.3) is 15.9 Å². The van der Waals surface area contributed by atoms with Crippen LogP contribution < -0.4 is 19.1 Å². The maximum Gasteiger partial charge on any atom is 0.264 e. The van der Waals surface area contributed by atoms with Crippen molar-refractivity contribution < 1.29 is 22.7 Å². The number of carbonyl (C=O) groups excluding carboxylic acids is 1. The van der Waals surface area contributed by atoms with Gasteiger partial charge in [-0.05, 0) is 67.6 Å². The van der Waals surface area contributed by atoms with Crippen molar-refractivity contribution in [2.45, 2.75) is 11.8 Å². The molecule has 8 heteroatoms. The fraction of sp³-hybridized carbons (Fsp3) is 0.174. The van der Waals surface area contributed by atoms with Crippen LogP contribution in [0.2, 0.25) is 0 Å². The van der Waals surface area contributed by atoms with E-state index in [9.17, 15) is 13.2 Å². The van der Waals surface area contributed by atoms with Gasteiger partial charge < -0.3 is 14.8 Å². The monoisotopic (exact) mass is 440 g/mol. The van der Waals surface area contributed by atoms with Crippen molar-refractivity contribution in [1.29, 1.82) is 0 Å². The number of ether oxygens (including phenoxy) is 2. The van der Waals surface area contributed by atoms with Gasteiger partial charge in [0.05, 0.1) is 17.7 Å². The Morgan fingerprint density at radius 1 is 0.903 bits per heavy atom. The van der Waals surface area contributed by atoms with Gasteiger partial charge in [0.15, 0.2) is 6.61 Å². The number of sulfonamides is 1. The Kier molecular flexibility index (Phi) is 7.15. The molecule has 0 aliphatic rings. The number of benzene rings is 3. The molecule has 0 saturated heterocycles. The lowest BCUT2D eigenvalue weighted by molar-refractivity contribution is -0.118. The van der Waals surface area contributed by atoms with E-state index in [1.165, 1.54) is 16.4 Å². The van der Waals surface area contributed by atoms with Gasteiger partial charge in [-0.15, -0.1) is 0 Å². The summed E-state index contributed by atoms with van der Waals surface area (Å²) in [6.45, 7) is 1.90. The molecule has 0 spiro atoms. The third-order valence-electron chi connectivity index (χ3n) is 4.49. The zero-order chi connectivity index (χ0) is 22.3. The van der Waals surface area contributed by atoms with Gasteiger partial charge in [0.1, 0.15) is 11.5 Å². The number of anilines is 2. The van der Waals surface area contributed by atoms with Crippen molar-refractivity contribution >= 4 is 27.3 Å². The van der Waals surface area contributed by atoms with E-state index < -0.39 is 10.0 Å². The van der Waals surface area contributed by atoms with Crippen LogP contribution in [-0.2, 0) is 14.8 Å². The van der Waals surface area contributed by atoms with E-state index in [-0.39, 0.29) is 17.4 Å². The standard InChI is InChI=1S/C23H24N2O5S/c1-3-25(19-7-5-4-6-8-19)31(27,28)22-15-9-18(10-16-22)24-23(26)17-30-21-13-11-20(29-2)12-14-21/h4-16H,3,17H2,1-2H3,(H,24,26). The minimum atomic E-state index is -3.72. The second kappa shape index (κ2) is 9.99. The third kappa shape index (κ3) is 5.55. The number of hydrogen-bond donors (Lipinski definition) is 1. The Hall–Kier alpha value is -3.52. The number of nitrogens with one attached hydrogen (secondary N) is 1. The Bertz CT molecular complexity index is 1100. The first-order chi connectivity index (χ1) is 14.9. The quantitative estimate of drug-likeness (QED) is 0.545. The molecule has 162 valence electrons. The number of amides is 1. The number of carbonyl (C=O) groups is 1. The van der Waals surface area contributed by atoms with Crippen molar-refractivity contribution in [2.24, 2.45) is 0 Å². The highest BCUT2D eigenvalue weighted by Gasteiger charge is 2.23. The maximum absolute atomic E-state index is 13.0. The van der Waals surface area contributed by atoms with Gasteiger partial charge in [-0.25, -0.2) is 8.42 Å². The van der Waals surface area contributed by atoms with Crippen LogP contribution >= 0.6 is 0 Å². The van der Waals surface area contributed by atoms with Gasteiger partial charge in [0.2, 0.25) is 0 Å². The summed E-state index contributed by atoms with van der Waals surface area (Å²) in [6.07, 6.45) is 0. The number of rotatable bonds is 9. The molecule has 0 fully saturated rings. The maximum atomic E-state index is 13.0. The van der Waals surface area contributed by atoms with Crippen LogP contribution in [0.1, 0.15) is 6.92 Å². The van der Waals surface area contributed by atoms with Crippen LogP contribution in [-0.4, -0.2) is 34.6 Å². The molecule has 0 radical (unpaired) electrons. The van der Waals surface area contributed by atoms with E-state index in [4.69, 9.17) is 9.47 Å². The molecule has 1 amide bonds. The molecular weight excluding hydrogens is 416 g/mol. The molecule has 7 nitrogen and oxygen atoms in total. The number of nitrogens with zero attached hydrogens (tertiary/aromatic N) is 1. The van der Waals surface area contributed by atoms with Crippen LogP contribution in [0, 0.1) is 0 Å². The number of methoxy groups -OCH3 is 1. The van der Waals surface area contributed by atoms with Gasteiger partial charge in [0, 0.05) is 12.2 Å². The highest BCUT2D eigenvalue weighted by Crippen LogP contribution is 2.24. The topological polar surface area (TPSA) is 84.9 Å². The predicted octanol–water partition coefficient (Wildman–Crippen LogP) is 3.93. The fourth-order valence-corrected chi connectivity index (χ4v) is 4.41. The summed E-state index contributed by atoms with van der Waals surface area (Å²) in [7, 11) is -2.15. The zero-order valence-corrected chi connectivity index (χ0v) is 18.1. The van der Waals surface area contributed by atoms with Crippen molar-refractivity contribution in [3.05, 3.63) is 78.9 Å². The molecule has 3 aromatic carbocycles. The van der Waals surface area contributed by atoms with E-state index in [1.807, 2.05) is 6.07 Å². The van der Waals surface area contributed by atoms with Crippen LogP contribution in [0.15, 0.2) is 83.8 Å². The largest absolute Gasteiger partial charge is 0.497 e. The average molecular weight is 441 g/mol. The Morgan fingerprint density at radius 2 is 1.52 bits per heavy atom. The van der Waals surface area contributed by atoms with Gasteiger partial charge >= 0.3 is 0 Å². The lowest BCUT2D eigenvalue weighted by Gasteiger charge is -2.23. The van der Waals surface area contributed by atoms with Crippen molar-refractivity contribution in [3.63, 3.8) is 0 Å². The van der Waals surface area contributed by atoms with Crippen LogP contribution in [0.4, 0.5) is 11.4 Å². The van der Waals surface area contributed by atoms with E-state index in [1.54, 1.807) is 74.7 Å². The Balaban J connectivity index is 1.63. The molecule has 0 unspecified atom stereocenters. The van der Waals surface area contributed by atoms with Gasteiger partial charge in [-0.1, -0.05) is 18.2 Å². The highest BCUT2D eigenvalue weighted by molar-refractivity contribution is 7.92. The average Bonchev–Trinajstić information content (AvgIpc) is 2.79. The Labute approximate surface area is 182 Å². The Morgan fingerprint density at radius 3 is 2.10 bits per heavy atom. The molecule has 3 rings (SSSR count). The SMILES string of the molecule is CCN(c1ccccc1)S(=O)(=O)c1ccc(NC(=O)COc2ccc(OC)cc2)cc1. The molecule has 0 aromatic heterocycles. The van der Waals surface area contributed by atoms with Crippen molar-refractivity contribution in [1.82, 2.24) is 0 Å². The van der Waals surface area contributed by atoms with Crippen LogP contribution in [0.25, 0.3) is 0 Å². The minimum absolute atomic E-state index is 0.144. The summed E-state index contributed by atoms with van der Waals surface area (Å²) in [5.41, 5.74) is 1.07. The minimum Gasteiger partial charge on any atom is -0.497 e. The molecular formula is C23H24N2O5S. The van der Waals surface area contributed by atoms with Gasteiger partial charge in [-0.3, -0.25) is 9.10 Å². The highest BCUT2D eigenvalue weighted by atomic mass is 32.2. The molecule has 0 aliphatic carbocycles. The third-order valence-corrected chi connectivity index (χ3v) is 6.40. The molecule has 3 aromatic rings. The number of para-hydroxylation sites is 1. The summed E-state index contributed by atoms with van der Waals surface area (Å²) in [5, 5.41) is 2.69. The molecule has 0 heterocycles. The van der Waals surface area contributed by atoms with E-state index >= 15 is 0 Å². The molecule has 1 N–H and O–H groups in total.